The van der Waals surface area contributed by atoms with Gasteiger partial charge in [-0.05, 0) is 112 Å². The molecule has 0 atom stereocenters. The molecule has 3 N–H and O–H groups in total. The third-order valence-electron chi connectivity index (χ3n) is 6.27. The molecule has 0 amide bonds. The van der Waals surface area contributed by atoms with E-state index in [-0.39, 0.29) is 17.2 Å². The second kappa shape index (κ2) is 9.26. The van der Waals surface area contributed by atoms with Crippen molar-refractivity contribution < 1.29 is 20.1 Å². The Morgan fingerprint density at radius 3 is 1.74 bits per heavy atom. The number of anilines is 3. The summed E-state index contributed by atoms with van der Waals surface area (Å²) in [5, 5.41) is 31.2. The Hall–Kier alpha value is -4.12. The van der Waals surface area contributed by atoms with Crippen molar-refractivity contribution in [2.75, 3.05) is 4.90 Å². The third-order valence-corrected chi connectivity index (χ3v) is 6.27. The number of ether oxygens (including phenoxy) is 1. The zero-order valence-electron chi connectivity index (χ0n) is 21.0. The number of hydrogen-bond acceptors (Lipinski definition) is 5. The Labute approximate surface area is 206 Å². The zero-order chi connectivity index (χ0) is 25.4. The molecule has 0 radical (unpaired) electrons. The first-order chi connectivity index (χ1) is 16.5. The molecule has 0 aliphatic rings. The monoisotopic (exact) mass is 469 g/mol. The summed E-state index contributed by atoms with van der Waals surface area (Å²) in [6.45, 7) is 11.4. The number of nitrogens with zero attached hydrogens (tertiary/aromatic N) is 1. The lowest BCUT2D eigenvalue weighted by molar-refractivity contribution is 0.458. The van der Waals surface area contributed by atoms with Gasteiger partial charge in [0, 0.05) is 22.9 Å². The van der Waals surface area contributed by atoms with Crippen LogP contribution in [0.1, 0.15) is 33.4 Å². The van der Waals surface area contributed by atoms with Crippen LogP contribution >= 0.6 is 0 Å². The Kier molecular flexibility index (Phi) is 6.35. The van der Waals surface area contributed by atoms with Gasteiger partial charge in [0.1, 0.15) is 28.7 Å². The first-order valence-corrected chi connectivity index (χ1v) is 11.5. The fourth-order valence-electron chi connectivity index (χ4n) is 4.21. The van der Waals surface area contributed by atoms with Crippen molar-refractivity contribution in [2.24, 2.45) is 0 Å². The van der Waals surface area contributed by atoms with Crippen LogP contribution in [0.25, 0.3) is 0 Å². The van der Waals surface area contributed by atoms with Crippen LogP contribution in [0.3, 0.4) is 0 Å². The lowest BCUT2D eigenvalue weighted by atomic mass is 10.0. The van der Waals surface area contributed by atoms with E-state index in [1.165, 1.54) is 0 Å². The molecule has 5 nitrogen and oxygen atoms in total. The molecule has 0 heterocycles. The largest absolute Gasteiger partial charge is 0.508 e. The highest BCUT2D eigenvalue weighted by Gasteiger charge is 2.21. The number of hydrogen-bond donors (Lipinski definition) is 3. The van der Waals surface area contributed by atoms with Crippen LogP contribution < -0.4 is 9.64 Å². The Morgan fingerprint density at radius 2 is 1.17 bits per heavy atom. The van der Waals surface area contributed by atoms with Gasteiger partial charge in [-0.1, -0.05) is 6.07 Å². The van der Waals surface area contributed by atoms with Crippen molar-refractivity contribution >= 4 is 17.1 Å². The lowest BCUT2D eigenvalue weighted by Gasteiger charge is -2.30. The topological polar surface area (TPSA) is 73.2 Å². The van der Waals surface area contributed by atoms with E-state index < -0.39 is 0 Å². The highest BCUT2D eigenvalue weighted by Crippen LogP contribution is 2.44. The SMILES string of the molecule is Cc1cc(O)c(C)c(N(c2cccc(Oc3cc(C)c(O)cc3C)c2)c2cc(C)cc(O)c2C)c1. The molecule has 0 unspecified atom stereocenters. The van der Waals surface area contributed by atoms with Crippen LogP contribution in [0.4, 0.5) is 17.1 Å². The Bertz CT molecular complexity index is 1370. The molecule has 0 aliphatic carbocycles. The molecule has 180 valence electrons. The predicted molar refractivity (Wildman–Crippen MR) is 141 cm³/mol. The van der Waals surface area contributed by atoms with Gasteiger partial charge >= 0.3 is 0 Å². The standard InChI is InChI=1S/C30H31NO4/c1-17-10-25(21(5)28(33)12-17)31(26-11-18(2)13-29(34)22(26)6)23-8-7-9-24(16-23)35-30-15-19(3)27(32)14-20(30)4/h7-16,32-34H,1-6H3. The van der Waals surface area contributed by atoms with Gasteiger partial charge in [0.15, 0.2) is 0 Å². The maximum absolute atomic E-state index is 10.6. The van der Waals surface area contributed by atoms with Crippen LogP contribution in [0, 0.1) is 41.5 Å². The summed E-state index contributed by atoms with van der Waals surface area (Å²) in [4.78, 5) is 2.03. The van der Waals surface area contributed by atoms with Crippen LogP contribution in [0.2, 0.25) is 0 Å². The average Bonchev–Trinajstić information content (AvgIpc) is 2.79. The number of benzene rings is 4. The first-order valence-electron chi connectivity index (χ1n) is 11.5. The smallest absolute Gasteiger partial charge is 0.130 e. The average molecular weight is 470 g/mol. The normalized spacial score (nSPS) is 10.9. The summed E-state index contributed by atoms with van der Waals surface area (Å²) in [6, 6.07) is 18.7. The summed E-state index contributed by atoms with van der Waals surface area (Å²) in [5.41, 5.74) is 7.30. The summed E-state index contributed by atoms with van der Waals surface area (Å²) >= 11 is 0. The molecule has 5 heteroatoms. The van der Waals surface area contributed by atoms with Crippen molar-refractivity contribution in [1.29, 1.82) is 0 Å². The number of phenols is 3. The molecular weight excluding hydrogens is 438 g/mol. The highest BCUT2D eigenvalue weighted by atomic mass is 16.5. The van der Waals surface area contributed by atoms with E-state index in [9.17, 15) is 15.3 Å². The molecule has 0 aliphatic heterocycles. The van der Waals surface area contributed by atoms with Crippen molar-refractivity contribution in [1.82, 2.24) is 0 Å². The fourth-order valence-corrected chi connectivity index (χ4v) is 4.21. The molecule has 4 aromatic rings. The maximum Gasteiger partial charge on any atom is 0.130 e. The molecule has 0 fully saturated rings. The van der Waals surface area contributed by atoms with E-state index in [1.54, 1.807) is 18.2 Å². The quantitative estimate of drug-likeness (QED) is 0.277. The van der Waals surface area contributed by atoms with Crippen LogP contribution in [0.5, 0.6) is 28.7 Å². The molecule has 0 saturated carbocycles. The number of phenolic OH excluding ortho intramolecular Hbond substituents is 3. The van der Waals surface area contributed by atoms with Crippen LogP contribution in [-0.2, 0) is 0 Å². The second-order valence-corrected chi connectivity index (χ2v) is 9.20. The molecule has 4 aromatic carbocycles. The summed E-state index contributed by atoms with van der Waals surface area (Å²) in [5.74, 6) is 1.95. The minimum Gasteiger partial charge on any atom is -0.508 e. The van der Waals surface area contributed by atoms with Gasteiger partial charge in [0.25, 0.3) is 0 Å². The van der Waals surface area contributed by atoms with Crippen molar-refractivity contribution in [3.8, 4) is 28.7 Å². The molecule has 0 bridgehead atoms. The Balaban J connectivity index is 1.90. The minimum absolute atomic E-state index is 0.210. The number of aromatic hydroxyl groups is 3. The summed E-state index contributed by atoms with van der Waals surface area (Å²) in [6.07, 6.45) is 0. The molecule has 4 rings (SSSR count). The number of aryl methyl sites for hydroxylation is 4. The van der Waals surface area contributed by atoms with Gasteiger partial charge in [-0.15, -0.1) is 0 Å². The summed E-state index contributed by atoms with van der Waals surface area (Å²) < 4.78 is 6.23. The van der Waals surface area contributed by atoms with Crippen molar-refractivity contribution in [2.45, 2.75) is 41.5 Å². The van der Waals surface area contributed by atoms with E-state index in [1.807, 2.05) is 88.9 Å². The van der Waals surface area contributed by atoms with E-state index >= 15 is 0 Å². The lowest BCUT2D eigenvalue weighted by Crippen LogP contribution is -2.13. The predicted octanol–water partition coefficient (Wildman–Crippen LogP) is 7.92. The van der Waals surface area contributed by atoms with Gasteiger partial charge in [-0.2, -0.15) is 0 Å². The van der Waals surface area contributed by atoms with Gasteiger partial charge < -0.3 is 25.0 Å². The second-order valence-electron chi connectivity index (χ2n) is 9.20. The minimum atomic E-state index is 0.210. The number of rotatable bonds is 5. The Morgan fingerprint density at radius 1 is 0.600 bits per heavy atom. The molecule has 0 spiro atoms. The van der Waals surface area contributed by atoms with Crippen LogP contribution in [-0.4, -0.2) is 15.3 Å². The first kappa shape index (κ1) is 24.0. The third kappa shape index (κ3) is 4.76. The van der Waals surface area contributed by atoms with Crippen molar-refractivity contribution in [3.05, 3.63) is 94.0 Å². The maximum atomic E-state index is 10.6. The van der Waals surface area contributed by atoms with E-state index in [4.69, 9.17) is 4.74 Å². The summed E-state index contributed by atoms with van der Waals surface area (Å²) in [7, 11) is 0. The van der Waals surface area contributed by atoms with Crippen LogP contribution in [0.15, 0.2) is 60.7 Å². The van der Waals surface area contributed by atoms with Gasteiger partial charge in [0.2, 0.25) is 0 Å². The van der Waals surface area contributed by atoms with E-state index in [0.717, 1.165) is 50.4 Å². The molecule has 0 aromatic heterocycles. The van der Waals surface area contributed by atoms with Crippen molar-refractivity contribution in [3.63, 3.8) is 0 Å². The zero-order valence-corrected chi connectivity index (χ0v) is 21.0. The molecule has 35 heavy (non-hydrogen) atoms. The van der Waals surface area contributed by atoms with Gasteiger partial charge in [-0.25, -0.2) is 0 Å². The van der Waals surface area contributed by atoms with Gasteiger partial charge in [0.05, 0.1) is 11.4 Å². The molecule has 0 saturated heterocycles. The van der Waals surface area contributed by atoms with E-state index in [2.05, 4.69) is 0 Å². The molecular formula is C30H31NO4. The highest BCUT2D eigenvalue weighted by molar-refractivity contribution is 5.83. The van der Waals surface area contributed by atoms with E-state index in [0.29, 0.717) is 11.5 Å². The van der Waals surface area contributed by atoms with Gasteiger partial charge in [-0.3, -0.25) is 0 Å². The fraction of sp³-hybridized carbons (Fsp3) is 0.200.